The lowest BCUT2D eigenvalue weighted by Crippen LogP contribution is -2.36. The number of amides is 1. The highest BCUT2D eigenvalue weighted by molar-refractivity contribution is 5.67. The van der Waals surface area contributed by atoms with E-state index in [0.29, 0.717) is 11.3 Å². The van der Waals surface area contributed by atoms with Gasteiger partial charge in [-0.1, -0.05) is 30.3 Å². The first kappa shape index (κ1) is 17.7. The molecule has 0 aliphatic carbocycles. The van der Waals surface area contributed by atoms with Gasteiger partial charge in [-0.05, 0) is 18.6 Å². The fourth-order valence-corrected chi connectivity index (χ4v) is 2.19. The number of aryl methyl sites for hydroxylation is 1. The van der Waals surface area contributed by atoms with Gasteiger partial charge in [-0.3, -0.25) is 4.79 Å². The fraction of sp³-hybridized carbons (Fsp3) is 0.294. The van der Waals surface area contributed by atoms with Gasteiger partial charge in [0.05, 0.1) is 0 Å². The van der Waals surface area contributed by atoms with Crippen molar-refractivity contribution in [1.82, 2.24) is 10.3 Å². The molecule has 0 radical (unpaired) electrons. The fourth-order valence-electron chi connectivity index (χ4n) is 2.19. The maximum absolute atomic E-state index is 11.6. The number of aliphatic hydroxyl groups is 2. The van der Waals surface area contributed by atoms with Gasteiger partial charge in [-0.15, -0.1) is 0 Å². The normalized spacial score (nSPS) is 13.1. The van der Waals surface area contributed by atoms with Gasteiger partial charge in [0.25, 0.3) is 0 Å². The first-order chi connectivity index (χ1) is 11.5. The van der Waals surface area contributed by atoms with Gasteiger partial charge in [0.15, 0.2) is 0 Å². The molecule has 0 spiro atoms. The summed E-state index contributed by atoms with van der Waals surface area (Å²) < 4.78 is 5.01. The van der Waals surface area contributed by atoms with E-state index in [0.717, 1.165) is 5.56 Å². The van der Waals surface area contributed by atoms with E-state index in [9.17, 15) is 19.8 Å². The third-order valence-electron chi connectivity index (χ3n) is 3.51. The molecule has 24 heavy (non-hydrogen) atoms. The number of carbonyl (C=O) groups excluding carboxylic acids is 1. The first-order valence-electron chi connectivity index (χ1n) is 7.48. The summed E-state index contributed by atoms with van der Waals surface area (Å²) in [6.45, 7) is 1.55. The highest BCUT2D eigenvalue weighted by Gasteiger charge is 2.21. The topological polar surface area (TPSA) is 112 Å². The molecule has 1 aromatic heterocycles. The predicted octanol–water partition coefficient (Wildman–Crippen LogP) is 1.00. The van der Waals surface area contributed by atoms with E-state index in [1.165, 1.54) is 12.1 Å². The van der Waals surface area contributed by atoms with Crippen LogP contribution in [0.15, 0.2) is 47.3 Å². The van der Waals surface area contributed by atoms with E-state index >= 15 is 0 Å². The standard InChI is InChI=1S/C17H20N2O5/c1-11-13(7-8-15(21)19-11)16(22)14(20)9-18-17(23)24-10-12-5-3-2-4-6-12/h2-8,14,16,20,22H,9-10H2,1H3,(H,18,23)(H,19,21). The smallest absolute Gasteiger partial charge is 0.407 e. The molecule has 1 heterocycles. The van der Waals surface area contributed by atoms with E-state index in [1.807, 2.05) is 30.3 Å². The number of hydrogen-bond donors (Lipinski definition) is 4. The molecule has 0 bridgehead atoms. The number of benzene rings is 1. The van der Waals surface area contributed by atoms with Crippen LogP contribution in [0.4, 0.5) is 4.79 Å². The van der Waals surface area contributed by atoms with Gasteiger partial charge >= 0.3 is 6.09 Å². The van der Waals surface area contributed by atoms with Crippen LogP contribution in [0.3, 0.4) is 0 Å². The Labute approximate surface area is 138 Å². The van der Waals surface area contributed by atoms with E-state index in [4.69, 9.17) is 4.74 Å². The number of ether oxygens (including phenoxy) is 1. The summed E-state index contributed by atoms with van der Waals surface area (Å²) >= 11 is 0. The summed E-state index contributed by atoms with van der Waals surface area (Å²) in [5.74, 6) is 0. The molecule has 1 aromatic carbocycles. The third kappa shape index (κ3) is 4.94. The highest BCUT2D eigenvalue weighted by atomic mass is 16.5. The second kappa shape index (κ2) is 8.28. The Morgan fingerprint density at radius 2 is 1.92 bits per heavy atom. The minimum Gasteiger partial charge on any atom is -0.445 e. The van der Waals surface area contributed by atoms with Gasteiger partial charge in [-0.25, -0.2) is 4.79 Å². The third-order valence-corrected chi connectivity index (χ3v) is 3.51. The second-order valence-corrected chi connectivity index (χ2v) is 5.36. The minimum absolute atomic E-state index is 0.115. The van der Waals surface area contributed by atoms with Gasteiger partial charge < -0.3 is 25.3 Å². The summed E-state index contributed by atoms with van der Waals surface area (Å²) in [6, 6.07) is 11.9. The van der Waals surface area contributed by atoms with Gasteiger partial charge in [0.1, 0.15) is 18.8 Å². The zero-order valence-corrected chi connectivity index (χ0v) is 13.2. The van der Waals surface area contributed by atoms with Crippen LogP contribution in [0.2, 0.25) is 0 Å². The zero-order chi connectivity index (χ0) is 17.5. The Hall–Kier alpha value is -2.64. The van der Waals surface area contributed by atoms with Crippen LogP contribution >= 0.6 is 0 Å². The number of rotatable bonds is 6. The lowest BCUT2D eigenvalue weighted by atomic mass is 10.0. The minimum atomic E-state index is -1.24. The first-order valence-corrected chi connectivity index (χ1v) is 7.48. The summed E-state index contributed by atoms with van der Waals surface area (Å²) in [7, 11) is 0. The molecule has 0 saturated carbocycles. The van der Waals surface area contributed by atoms with Gasteiger partial charge in [0, 0.05) is 23.9 Å². The van der Waals surface area contributed by atoms with Gasteiger partial charge in [-0.2, -0.15) is 0 Å². The summed E-state index contributed by atoms with van der Waals surface area (Å²) in [4.78, 5) is 25.3. The molecular weight excluding hydrogens is 312 g/mol. The van der Waals surface area contributed by atoms with Crippen molar-refractivity contribution >= 4 is 6.09 Å². The van der Waals surface area contributed by atoms with Crippen molar-refractivity contribution < 1.29 is 19.7 Å². The quantitative estimate of drug-likeness (QED) is 0.631. The number of alkyl carbamates (subject to hydrolysis) is 1. The number of nitrogens with one attached hydrogen (secondary N) is 2. The molecule has 0 saturated heterocycles. The maximum Gasteiger partial charge on any atom is 0.407 e. The Balaban J connectivity index is 1.82. The van der Waals surface area contributed by atoms with Crippen LogP contribution in [0.5, 0.6) is 0 Å². The number of H-pyrrole nitrogens is 1. The Bertz CT molecular complexity index is 729. The summed E-state index contributed by atoms with van der Waals surface area (Å²) in [5, 5.41) is 22.5. The Kier molecular flexibility index (Phi) is 6.11. The average molecular weight is 332 g/mol. The van der Waals surface area contributed by atoms with E-state index < -0.39 is 18.3 Å². The molecule has 0 aliphatic rings. The lowest BCUT2D eigenvalue weighted by Gasteiger charge is -2.19. The van der Waals surface area contributed by atoms with Crippen LogP contribution in [0.1, 0.15) is 22.9 Å². The van der Waals surface area contributed by atoms with Crippen molar-refractivity contribution in [2.24, 2.45) is 0 Å². The molecule has 4 N–H and O–H groups in total. The van der Waals surface area contributed by atoms with Gasteiger partial charge in [0.2, 0.25) is 5.56 Å². The molecule has 1 amide bonds. The molecule has 0 aliphatic heterocycles. The Morgan fingerprint density at radius 1 is 1.21 bits per heavy atom. The number of pyridine rings is 1. The zero-order valence-electron chi connectivity index (χ0n) is 13.2. The number of hydrogen-bond acceptors (Lipinski definition) is 5. The SMILES string of the molecule is Cc1[nH]c(=O)ccc1C(O)C(O)CNC(=O)OCc1ccccc1. The highest BCUT2D eigenvalue weighted by Crippen LogP contribution is 2.17. The maximum atomic E-state index is 11.6. The average Bonchev–Trinajstić information content (AvgIpc) is 2.58. The lowest BCUT2D eigenvalue weighted by molar-refractivity contribution is 0.0178. The second-order valence-electron chi connectivity index (χ2n) is 5.36. The van der Waals surface area contributed by atoms with Crippen molar-refractivity contribution in [2.45, 2.75) is 25.7 Å². The Morgan fingerprint density at radius 3 is 2.58 bits per heavy atom. The number of carbonyl (C=O) groups is 1. The molecule has 7 heteroatoms. The van der Waals surface area contributed by atoms with Crippen molar-refractivity contribution in [3.63, 3.8) is 0 Å². The van der Waals surface area contributed by atoms with Crippen molar-refractivity contribution in [2.75, 3.05) is 6.54 Å². The van der Waals surface area contributed by atoms with Crippen LogP contribution < -0.4 is 10.9 Å². The number of aliphatic hydroxyl groups excluding tert-OH is 2. The van der Waals surface area contributed by atoms with E-state index in [-0.39, 0.29) is 18.7 Å². The monoisotopic (exact) mass is 332 g/mol. The molecular formula is C17H20N2O5. The summed E-state index contributed by atoms with van der Waals surface area (Å²) in [6.07, 6.45) is -3.17. The molecule has 2 atom stereocenters. The number of aromatic amines is 1. The molecule has 0 fully saturated rings. The molecule has 7 nitrogen and oxygen atoms in total. The van der Waals surface area contributed by atoms with Crippen molar-refractivity contribution in [1.29, 1.82) is 0 Å². The van der Waals surface area contributed by atoms with Crippen LogP contribution in [0.25, 0.3) is 0 Å². The predicted molar refractivity (Wildman–Crippen MR) is 87.4 cm³/mol. The van der Waals surface area contributed by atoms with Crippen molar-refractivity contribution in [3.8, 4) is 0 Å². The molecule has 2 aromatic rings. The van der Waals surface area contributed by atoms with Crippen LogP contribution in [-0.2, 0) is 11.3 Å². The van der Waals surface area contributed by atoms with Crippen LogP contribution in [0, 0.1) is 6.92 Å². The molecule has 128 valence electrons. The van der Waals surface area contributed by atoms with Crippen molar-refractivity contribution in [3.05, 3.63) is 69.6 Å². The van der Waals surface area contributed by atoms with E-state index in [1.54, 1.807) is 6.92 Å². The molecule has 2 rings (SSSR count). The summed E-state index contributed by atoms with van der Waals surface area (Å²) in [5.41, 5.74) is 1.40. The molecule has 2 unspecified atom stereocenters. The largest absolute Gasteiger partial charge is 0.445 e. The number of aromatic nitrogens is 1. The van der Waals surface area contributed by atoms with Crippen LogP contribution in [-0.4, -0.2) is 33.9 Å². The van der Waals surface area contributed by atoms with E-state index in [2.05, 4.69) is 10.3 Å².